The highest BCUT2D eigenvalue weighted by atomic mass is 15.2. The van der Waals surface area contributed by atoms with Gasteiger partial charge in [-0.3, -0.25) is 4.98 Å². The van der Waals surface area contributed by atoms with Crippen LogP contribution in [-0.2, 0) is 0 Å². The Balaban J connectivity index is 1.77. The number of piperidine rings is 1. The van der Waals surface area contributed by atoms with E-state index in [1.54, 1.807) is 0 Å². The van der Waals surface area contributed by atoms with Gasteiger partial charge in [-0.1, -0.05) is 19.8 Å². The molecule has 3 nitrogen and oxygen atoms in total. The molecule has 1 aliphatic heterocycles. The molecule has 2 N–H and O–H groups in total. The largest absolute Gasteiger partial charge is 0.367 e. The molecule has 20 heavy (non-hydrogen) atoms. The number of anilines is 1. The maximum absolute atomic E-state index is 6.05. The average Bonchev–Trinajstić information content (AvgIpc) is 2.54. The number of hydrogen-bond acceptors (Lipinski definition) is 3. The normalized spacial score (nSPS) is 28.0. The highest BCUT2D eigenvalue weighted by Crippen LogP contribution is 2.37. The topological polar surface area (TPSA) is 42.1 Å². The van der Waals surface area contributed by atoms with Crippen LogP contribution in [-0.4, -0.2) is 17.6 Å². The molecule has 0 spiro atoms. The van der Waals surface area contributed by atoms with E-state index in [1.807, 2.05) is 6.20 Å². The number of nitrogens with two attached hydrogens (primary N) is 1. The summed E-state index contributed by atoms with van der Waals surface area (Å²) in [5, 5.41) is 0. The maximum Gasteiger partial charge on any atom is 0.0572 e. The summed E-state index contributed by atoms with van der Waals surface area (Å²) < 4.78 is 0. The summed E-state index contributed by atoms with van der Waals surface area (Å²) in [6, 6.07) is 5.18. The Morgan fingerprint density at radius 1 is 1.25 bits per heavy atom. The zero-order chi connectivity index (χ0) is 13.9. The molecule has 0 bridgehead atoms. The maximum atomic E-state index is 6.05. The minimum Gasteiger partial charge on any atom is -0.367 e. The summed E-state index contributed by atoms with van der Waals surface area (Å²) in [5.41, 5.74) is 8.37. The van der Waals surface area contributed by atoms with Crippen LogP contribution in [0.15, 0.2) is 18.3 Å². The number of fused-ring (bicyclic) bond motifs is 1. The second-order valence-electron chi connectivity index (χ2n) is 6.40. The molecule has 2 fully saturated rings. The van der Waals surface area contributed by atoms with Gasteiger partial charge < -0.3 is 10.6 Å². The van der Waals surface area contributed by atoms with Gasteiger partial charge in [-0.15, -0.1) is 0 Å². The van der Waals surface area contributed by atoms with E-state index >= 15 is 0 Å². The van der Waals surface area contributed by atoms with Crippen molar-refractivity contribution < 1.29 is 0 Å². The van der Waals surface area contributed by atoms with E-state index in [0.29, 0.717) is 0 Å². The third-order valence-corrected chi connectivity index (χ3v) is 5.17. The number of hydrogen-bond donors (Lipinski definition) is 1. The minimum atomic E-state index is 0.0767. The van der Waals surface area contributed by atoms with Gasteiger partial charge in [0.2, 0.25) is 0 Å². The van der Waals surface area contributed by atoms with Crippen molar-refractivity contribution in [2.45, 2.75) is 64.0 Å². The van der Waals surface area contributed by atoms with Crippen molar-refractivity contribution >= 4 is 5.69 Å². The number of aromatic nitrogens is 1. The molecule has 1 aromatic rings. The van der Waals surface area contributed by atoms with E-state index in [9.17, 15) is 0 Å². The second-order valence-corrected chi connectivity index (χ2v) is 6.40. The van der Waals surface area contributed by atoms with E-state index in [0.717, 1.165) is 24.1 Å². The van der Waals surface area contributed by atoms with Crippen LogP contribution in [0.5, 0.6) is 0 Å². The van der Waals surface area contributed by atoms with Crippen LogP contribution in [0.2, 0.25) is 0 Å². The minimum absolute atomic E-state index is 0.0767. The summed E-state index contributed by atoms with van der Waals surface area (Å²) in [6.45, 7) is 3.31. The SMILES string of the molecule is CC[C@@H](N)c1ccc(N2CCC[C@H]3CCCC[C@H]32)cn1. The van der Waals surface area contributed by atoms with Gasteiger partial charge in [0.25, 0.3) is 0 Å². The van der Waals surface area contributed by atoms with Gasteiger partial charge in [0, 0.05) is 18.6 Å². The lowest BCUT2D eigenvalue weighted by Gasteiger charge is -2.45. The number of rotatable bonds is 3. The Bertz CT molecular complexity index is 426. The predicted octanol–water partition coefficient (Wildman–Crippen LogP) is 3.65. The van der Waals surface area contributed by atoms with Crippen molar-refractivity contribution in [1.29, 1.82) is 0 Å². The first-order valence-corrected chi connectivity index (χ1v) is 8.27. The van der Waals surface area contributed by atoms with Crippen LogP contribution in [0.1, 0.15) is 63.6 Å². The first-order chi connectivity index (χ1) is 9.79. The molecule has 1 saturated heterocycles. The lowest BCUT2D eigenvalue weighted by atomic mass is 9.78. The third-order valence-electron chi connectivity index (χ3n) is 5.17. The fraction of sp³-hybridized carbons (Fsp3) is 0.706. The van der Waals surface area contributed by atoms with E-state index in [-0.39, 0.29) is 6.04 Å². The molecule has 0 amide bonds. The molecule has 0 aromatic carbocycles. The molecule has 110 valence electrons. The van der Waals surface area contributed by atoms with Crippen molar-refractivity contribution in [2.24, 2.45) is 11.7 Å². The van der Waals surface area contributed by atoms with Crippen LogP contribution in [0.3, 0.4) is 0 Å². The summed E-state index contributed by atoms with van der Waals surface area (Å²) in [6.07, 6.45) is 11.4. The third kappa shape index (κ3) is 2.69. The monoisotopic (exact) mass is 273 g/mol. The summed E-state index contributed by atoms with van der Waals surface area (Å²) in [7, 11) is 0. The van der Waals surface area contributed by atoms with Crippen molar-refractivity contribution in [3.8, 4) is 0 Å². The molecule has 0 radical (unpaired) electrons. The molecule has 3 atom stereocenters. The van der Waals surface area contributed by atoms with Crippen molar-refractivity contribution in [3.63, 3.8) is 0 Å². The van der Waals surface area contributed by atoms with Gasteiger partial charge in [-0.05, 0) is 50.2 Å². The predicted molar refractivity (Wildman–Crippen MR) is 83.8 cm³/mol. The molecule has 0 unspecified atom stereocenters. The van der Waals surface area contributed by atoms with Gasteiger partial charge in [0.15, 0.2) is 0 Å². The van der Waals surface area contributed by atoms with Gasteiger partial charge >= 0.3 is 0 Å². The highest BCUT2D eigenvalue weighted by Gasteiger charge is 2.33. The molecular formula is C17H27N3. The van der Waals surface area contributed by atoms with Crippen LogP contribution in [0.25, 0.3) is 0 Å². The second kappa shape index (κ2) is 6.13. The summed E-state index contributed by atoms with van der Waals surface area (Å²) in [4.78, 5) is 7.21. The van der Waals surface area contributed by atoms with E-state index < -0.39 is 0 Å². The Hall–Kier alpha value is -1.09. The lowest BCUT2D eigenvalue weighted by Crippen LogP contribution is -2.46. The lowest BCUT2D eigenvalue weighted by molar-refractivity contribution is 0.243. The van der Waals surface area contributed by atoms with Crippen LogP contribution >= 0.6 is 0 Å². The molecule has 1 aliphatic carbocycles. The van der Waals surface area contributed by atoms with Crippen LogP contribution in [0.4, 0.5) is 5.69 Å². The number of nitrogens with zero attached hydrogens (tertiary/aromatic N) is 2. The van der Waals surface area contributed by atoms with Crippen LogP contribution in [0, 0.1) is 5.92 Å². The molecule has 1 saturated carbocycles. The Morgan fingerprint density at radius 2 is 2.05 bits per heavy atom. The van der Waals surface area contributed by atoms with Crippen molar-refractivity contribution in [1.82, 2.24) is 4.98 Å². The summed E-state index contributed by atoms with van der Waals surface area (Å²) >= 11 is 0. The standard InChI is InChI=1S/C17H27N3/c1-2-15(18)16-10-9-14(12-19-16)20-11-5-7-13-6-3-4-8-17(13)20/h9-10,12-13,15,17H,2-8,11,18H2,1H3/t13-,15-,17-/m1/s1. The Labute approximate surface area is 122 Å². The Morgan fingerprint density at radius 3 is 2.80 bits per heavy atom. The summed E-state index contributed by atoms with van der Waals surface area (Å²) in [5.74, 6) is 0.912. The first-order valence-electron chi connectivity index (χ1n) is 8.27. The van der Waals surface area contributed by atoms with E-state index in [1.165, 1.54) is 50.8 Å². The Kier molecular flexibility index (Phi) is 4.25. The molecule has 1 aromatic heterocycles. The molecular weight excluding hydrogens is 246 g/mol. The first kappa shape index (κ1) is 13.9. The highest BCUT2D eigenvalue weighted by molar-refractivity contribution is 5.46. The zero-order valence-corrected chi connectivity index (χ0v) is 12.6. The molecule has 2 heterocycles. The quantitative estimate of drug-likeness (QED) is 0.914. The van der Waals surface area contributed by atoms with E-state index in [2.05, 4.69) is 28.9 Å². The van der Waals surface area contributed by atoms with Gasteiger partial charge in [0.1, 0.15) is 0 Å². The van der Waals surface area contributed by atoms with Gasteiger partial charge in [-0.2, -0.15) is 0 Å². The fourth-order valence-electron chi connectivity index (χ4n) is 3.94. The van der Waals surface area contributed by atoms with Gasteiger partial charge in [-0.25, -0.2) is 0 Å². The zero-order valence-electron chi connectivity index (χ0n) is 12.6. The van der Waals surface area contributed by atoms with Crippen molar-refractivity contribution in [3.05, 3.63) is 24.0 Å². The molecule has 3 heteroatoms. The molecule has 3 rings (SSSR count). The molecule has 2 aliphatic rings. The van der Waals surface area contributed by atoms with Crippen molar-refractivity contribution in [2.75, 3.05) is 11.4 Å². The smallest absolute Gasteiger partial charge is 0.0572 e. The van der Waals surface area contributed by atoms with Crippen LogP contribution < -0.4 is 10.6 Å². The average molecular weight is 273 g/mol. The van der Waals surface area contributed by atoms with E-state index in [4.69, 9.17) is 5.73 Å². The fourth-order valence-corrected chi connectivity index (χ4v) is 3.94. The number of pyridine rings is 1. The van der Waals surface area contributed by atoms with Gasteiger partial charge in [0.05, 0.1) is 17.6 Å².